The van der Waals surface area contributed by atoms with Gasteiger partial charge in [-0.1, -0.05) is 84.0 Å². The molecule has 0 saturated heterocycles. The van der Waals surface area contributed by atoms with E-state index in [0.29, 0.717) is 6.54 Å². The fourth-order valence-corrected chi connectivity index (χ4v) is 2.61. The summed E-state index contributed by atoms with van der Waals surface area (Å²) in [5, 5.41) is 0. The Kier molecular flexibility index (Phi) is 16.2. The van der Waals surface area contributed by atoms with Gasteiger partial charge in [-0.2, -0.15) is 0 Å². The monoisotopic (exact) mass is 290 g/mol. The van der Waals surface area contributed by atoms with Crippen molar-refractivity contribution in [3.05, 3.63) is 0 Å². The van der Waals surface area contributed by atoms with Crippen LogP contribution in [0.1, 0.15) is 90.4 Å². The SMILES string of the molecule is CCCCCCCCCCCCCCCNS(=O)[O-]. The van der Waals surface area contributed by atoms with Gasteiger partial charge in [0.2, 0.25) is 0 Å². The Balaban J connectivity index is 2.93. The van der Waals surface area contributed by atoms with Gasteiger partial charge in [-0.25, -0.2) is 4.72 Å². The number of hydrogen-bond acceptors (Lipinski definition) is 2. The minimum absolute atomic E-state index is 0.591. The lowest BCUT2D eigenvalue weighted by atomic mass is 10.0. The molecule has 3 nitrogen and oxygen atoms in total. The van der Waals surface area contributed by atoms with Crippen LogP contribution in [0, 0.1) is 0 Å². The molecule has 0 aliphatic rings. The van der Waals surface area contributed by atoms with Crippen LogP contribution < -0.4 is 4.72 Å². The molecule has 4 heteroatoms. The maximum absolute atomic E-state index is 10.2. The zero-order chi connectivity index (χ0) is 14.2. The highest BCUT2D eigenvalue weighted by Gasteiger charge is 1.93. The van der Waals surface area contributed by atoms with Gasteiger partial charge < -0.3 is 4.55 Å². The van der Waals surface area contributed by atoms with Crippen LogP contribution in [-0.2, 0) is 11.3 Å². The summed E-state index contributed by atoms with van der Waals surface area (Å²) in [6, 6.07) is 0. The van der Waals surface area contributed by atoms with Gasteiger partial charge in [0, 0.05) is 17.8 Å². The molecule has 0 spiro atoms. The summed E-state index contributed by atoms with van der Waals surface area (Å²) in [5.74, 6) is 0. The quantitative estimate of drug-likeness (QED) is 0.357. The van der Waals surface area contributed by atoms with E-state index in [1.165, 1.54) is 70.6 Å². The maximum atomic E-state index is 10.2. The predicted molar refractivity (Wildman–Crippen MR) is 82.6 cm³/mol. The van der Waals surface area contributed by atoms with Crippen LogP contribution in [0.15, 0.2) is 0 Å². The van der Waals surface area contributed by atoms with E-state index in [1.807, 2.05) is 0 Å². The Morgan fingerprint density at radius 3 is 1.47 bits per heavy atom. The molecule has 0 aromatic heterocycles. The molecular weight excluding hydrogens is 258 g/mol. The molecule has 0 aliphatic carbocycles. The zero-order valence-corrected chi connectivity index (χ0v) is 13.4. The Hall–Kier alpha value is 0.0700. The van der Waals surface area contributed by atoms with Crippen molar-refractivity contribution < 1.29 is 8.76 Å². The van der Waals surface area contributed by atoms with Gasteiger partial charge in [-0.3, -0.25) is 4.21 Å². The van der Waals surface area contributed by atoms with Gasteiger partial charge in [0.05, 0.1) is 0 Å². The summed E-state index contributed by atoms with van der Waals surface area (Å²) in [7, 11) is 0. The molecule has 0 aromatic carbocycles. The highest BCUT2D eigenvalue weighted by molar-refractivity contribution is 7.77. The molecule has 0 amide bonds. The highest BCUT2D eigenvalue weighted by atomic mass is 32.2. The first-order chi connectivity index (χ1) is 9.27. The van der Waals surface area contributed by atoms with Crippen molar-refractivity contribution in [3.63, 3.8) is 0 Å². The second-order valence-corrected chi connectivity index (χ2v) is 6.13. The molecule has 19 heavy (non-hydrogen) atoms. The van der Waals surface area contributed by atoms with Crippen molar-refractivity contribution in [1.82, 2.24) is 4.72 Å². The zero-order valence-electron chi connectivity index (χ0n) is 12.6. The molecular formula is C15H32NO2S-. The van der Waals surface area contributed by atoms with Crippen LogP contribution in [0.2, 0.25) is 0 Å². The van der Waals surface area contributed by atoms with Gasteiger partial charge in [0.1, 0.15) is 0 Å². The molecule has 0 aromatic rings. The fraction of sp³-hybridized carbons (Fsp3) is 1.00. The van der Waals surface area contributed by atoms with Crippen molar-refractivity contribution in [2.45, 2.75) is 90.4 Å². The van der Waals surface area contributed by atoms with Gasteiger partial charge in [0.15, 0.2) is 0 Å². The van der Waals surface area contributed by atoms with Crippen LogP contribution in [0.3, 0.4) is 0 Å². The van der Waals surface area contributed by atoms with Crippen molar-refractivity contribution in [1.29, 1.82) is 0 Å². The summed E-state index contributed by atoms with van der Waals surface area (Å²) < 4.78 is 22.8. The lowest BCUT2D eigenvalue weighted by Gasteiger charge is -2.06. The summed E-state index contributed by atoms with van der Waals surface area (Å²) in [5.41, 5.74) is 0. The summed E-state index contributed by atoms with van der Waals surface area (Å²) >= 11 is -2.08. The molecule has 0 bridgehead atoms. The van der Waals surface area contributed by atoms with Crippen molar-refractivity contribution in [2.75, 3.05) is 6.54 Å². The van der Waals surface area contributed by atoms with Crippen molar-refractivity contribution >= 4 is 11.3 Å². The average Bonchev–Trinajstić information content (AvgIpc) is 2.39. The molecule has 1 N–H and O–H groups in total. The largest absolute Gasteiger partial charge is 0.760 e. The van der Waals surface area contributed by atoms with E-state index in [2.05, 4.69) is 11.6 Å². The first-order valence-electron chi connectivity index (χ1n) is 8.10. The van der Waals surface area contributed by atoms with Gasteiger partial charge in [-0.15, -0.1) is 0 Å². The molecule has 0 rings (SSSR count). The van der Waals surface area contributed by atoms with Crippen LogP contribution >= 0.6 is 0 Å². The van der Waals surface area contributed by atoms with Crippen LogP contribution in [0.25, 0.3) is 0 Å². The molecule has 1 atom stereocenters. The third-order valence-electron chi connectivity index (χ3n) is 3.50. The molecule has 1 unspecified atom stereocenters. The van der Waals surface area contributed by atoms with Crippen LogP contribution in [0.5, 0.6) is 0 Å². The fourth-order valence-electron chi connectivity index (χ4n) is 2.30. The van der Waals surface area contributed by atoms with E-state index in [-0.39, 0.29) is 0 Å². The molecule has 0 radical (unpaired) electrons. The van der Waals surface area contributed by atoms with Crippen molar-refractivity contribution in [3.8, 4) is 0 Å². The van der Waals surface area contributed by atoms with Crippen molar-refractivity contribution in [2.24, 2.45) is 0 Å². The molecule has 0 fully saturated rings. The molecule has 116 valence electrons. The summed E-state index contributed by atoms with van der Waals surface area (Å²) in [6.07, 6.45) is 17.1. The Labute approximate surface area is 122 Å². The topological polar surface area (TPSA) is 52.2 Å². The standard InChI is InChI=1S/C15H33NO2S/c1-2-3-4-5-6-7-8-9-10-11-12-13-14-15-16-19(17)18/h16H,2-15H2,1H3,(H,17,18)/p-1. The van der Waals surface area contributed by atoms with E-state index in [0.717, 1.165) is 12.8 Å². The molecule has 0 saturated carbocycles. The van der Waals surface area contributed by atoms with Gasteiger partial charge >= 0.3 is 0 Å². The Morgan fingerprint density at radius 1 is 0.737 bits per heavy atom. The smallest absolute Gasteiger partial charge is 0.0181 e. The van der Waals surface area contributed by atoms with E-state index in [4.69, 9.17) is 0 Å². The number of hydrogen-bond donors (Lipinski definition) is 1. The average molecular weight is 290 g/mol. The lowest BCUT2D eigenvalue weighted by Crippen LogP contribution is -2.17. The lowest BCUT2D eigenvalue weighted by molar-refractivity contribution is 0.515. The first-order valence-corrected chi connectivity index (χ1v) is 9.17. The minimum atomic E-state index is -2.08. The predicted octanol–water partition coefficient (Wildman–Crippen LogP) is 4.46. The van der Waals surface area contributed by atoms with Gasteiger partial charge in [-0.05, 0) is 6.42 Å². The summed E-state index contributed by atoms with van der Waals surface area (Å²) in [4.78, 5) is 0. The third kappa shape index (κ3) is 18.1. The van der Waals surface area contributed by atoms with Crippen LogP contribution in [0.4, 0.5) is 0 Å². The van der Waals surface area contributed by atoms with E-state index in [1.54, 1.807) is 0 Å². The number of nitrogens with one attached hydrogen (secondary N) is 1. The Morgan fingerprint density at radius 2 is 1.11 bits per heavy atom. The van der Waals surface area contributed by atoms with E-state index < -0.39 is 11.3 Å². The first kappa shape index (κ1) is 19.1. The number of rotatable bonds is 15. The second kappa shape index (κ2) is 16.1. The molecule has 0 heterocycles. The Bertz CT molecular complexity index is 201. The van der Waals surface area contributed by atoms with Crippen LogP contribution in [-0.4, -0.2) is 15.3 Å². The maximum Gasteiger partial charge on any atom is 0.0181 e. The van der Waals surface area contributed by atoms with E-state index in [9.17, 15) is 8.76 Å². The van der Waals surface area contributed by atoms with Gasteiger partial charge in [0.25, 0.3) is 0 Å². The summed E-state index contributed by atoms with van der Waals surface area (Å²) in [6.45, 7) is 2.85. The highest BCUT2D eigenvalue weighted by Crippen LogP contribution is 2.12. The minimum Gasteiger partial charge on any atom is -0.760 e. The second-order valence-electron chi connectivity index (χ2n) is 5.37. The number of unbranched alkanes of at least 4 members (excludes halogenated alkanes) is 12. The van der Waals surface area contributed by atoms with E-state index >= 15 is 0 Å². The molecule has 0 aliphatic heterocycles. The normalized spacial score (nSPS) is 12.7. The third-order valence-corrected chi connectivity index (χ3v) is 3.94.